The van der Waals surface area contributed by atoms with Crippen LogP contribution in [-0.2, 0) is 6.54 Å². The van der Waals surface area contributed by atoms with E-state index in [4.69, 9.17) is 5.11 Å². The number of aromatic nitrogens is 1. The molecule has 0 spiro atoms. The maximum atomic E-state index is 10.9. The topological polar surface area (TPSA) is 62.2 Å². The molecule has 2 rings (SSSR count). The summed E-state index contributed by atoms with van der Waals surface area (Å²) in [6, 6.07) is 13.2. The molecule has 20 heavy (non-hydrogen) atoms. The molecule has 0 fully saturated rings. The molecule has 0 unspecified atom stereocenters. The van der Waals surface area contributed by atoms with Crippen molar-refractivity contribution in [3.8, 4) is 0 Å². The molecule has 2 N–H and O–H groups in total. The SMILES string of the molecule is CC(C)c1cccc(NCc2cccc(C(=O)O)n2)c1. The number of rotatable bonds is 5. The molecular formula is C16H18N2O2. The van der Waals surface area contributed by atoms with Crippen LogP contribution in [0.1, 0.15) is 41.5 Å². The number of aromatic carboxylic acids is 1. The number of anilines is 1. The number of pyridine rings is 1. The monoisotopic (exact) mass is 270 g/mol. The highest BCUT2D eigenvalue weighted by atomic mass is 16.4. The van der Waals surface area contributed by atoms with Gasteiger partial charge < -0.3 is 10.4 Å². The Labute approximate surface area is 118 Å². The maximum Gasteiger partial charge on any atom is 0.354 e. The summed E-state index contributed by atoms with van der Waals surface area (Å²) in [5.74, 6) is -0.529. The first-order chi connectivity index (χ1) is 9.56. The van der Waals surface area contributed by atoms with Crippen LogP contribution in [0.2, 0.25) is 0 Å². The number of benzene rings is 1. The van der Waals surface area contributed by atoms with Gasteiger partial charge in [0.15, 0.2) is 0 Å². The Balaban J connectivity index is 2.07. The molecule has 104 valence electrons. The summed E-state index contributed by atoms with van der Waals surface area (Å²) >= 11 is 0. The summed E-state index contributed by atoms with van der Waals surface area (Å²) in [7, 11) is 0. The van der Waals surface area contributed by atoms with Gasteiger partial charge in [-0.3, -0.25) is 0 Å². The van der Waals surface area contributed by atoms with Gasteiger partial charge in [0.05, 0.1) is 12.2 Å². The van der Waals surface area contributed by atoms with Crippen LogP contribution in [-0.4, -0.2) is 16.1 Å². The molecule has 0 aliphatic rings. The van der Waals surface area contributed by atoms with Crippen LogP contribution in [0.15, 0.2) is 42.5 Å². The van der Waals surface area contributed by atoms with Crippen LogP contribution in [0.3, 0.4) is 0 Å². The Kier molecular flexibility index (Phi) is 4.35. The van der Waals surface area contributed by atoms with Crippen LogP contribution in [0.5, 0.6) is 0 Å². The summed E-state index contributed by atoms with van der Waals surface area (Å²) in [4.78, 5) is 14.9. The molecule has 0 bridgehead atoms. The molecule has 1 aromatic heterocycles. The second-order valence-electron chi connectivity index (χ2n) is 4.95. The Morgan fingerprint density at radius 2 is 2.00 bits per heavy atom. The first kappa shape index (κ1) is 14.1. The minimum Gasteiger partial charge on any atom is -0.477 e. The molecule has 0 aliphatic carbocycles. The van der Waals surface area contributed by atoms with Crippen molar-refractivity contribution in [2.75, 3.05) is 5.32 Å². The third-order valence-electron chi connectivity index (χ3n) is 3.05. The number of nitrogens with zero attached hydrogens (tertiary/aromatic N) is 1. The Hall–Kier alpha value is -2.36. The molecule has 1 aromatic carbocycles. The maximum absolute atomic E-state index is 10.9. The highest BCUT2D eigenvalue weighted by Gasteiger charge is 2.05. The summed E-state index contributed by atoms with van der Waals surface area (Å²) in [6.45, 7) is 4.80. The smallest absolute Gasteiger partial charge is 0.354 e. The predicted octanol–water partition coefficient (Wildman–Crippen LogP) is 3.52. The first-order valence-electron chi connectivity index (χ1n) is 6.59. The molecule has 1 heterocycles. The van der Waals surface area contributed by atoms with Gasteiger partial charge in [-0.25, -0.2) is 9.78 Å². The highest BCUT2D eigenvalue weighted by Crippen LogP contribution is 2.18. The van der Waals surface area contributed by atoms with E-state index in [-0.39, 0.29) is 5.69 Å². The van der Waals surface area contributed by atoms with E-state index in [9.17, 15) is 4.79 Å². The van der Waals surface area contributed by atoms with Gasteiger partial charge in [-0.1, -0.05) is 32.0 Å². The van der Waals surface area contributed by atoms with Crippen molar-refractivity contribution in [2.45, 2.75) is 26.3 Å². The minimum atomic E-state index is -1.01. The van der Waals surface area contributed by atoms with Crippen LogP contribution in [0, 0.1) is 0 Å². The van der Waals surface area contributed by atoms with Gasteiger partial charge in [0, 0.05) is 5.69 Å². The molecule has 0 saturated heterocycles. The lowest BCUT2D eigenvalue weighted by Gasteiger charge is -2.10. The Morgan fingerprint density at radius 3 is 2.70 bits per heavy atom. The molecule has 2 aromatic rings. The average Bonchev–Trinajstić information content (AvgIpc) is 2.45. The molecular weight excluding hydrogens is 252 g/mol. The fourth-order valence-electron chi connectivity index (χ4n) is 1.90. The zero-order valence-electron chi connectivity index (χ0n) is 11.6. The standard InChI is InChI=1S/C16H18N2O2/c1-11(2)12-5-3-6-13(9-12)17-10-14-7-4-8-15(18-14)16(19)20/h3-9,11,17H,10H2,1-2H3,(H,19,20). The predicted molar refractivity (Wildman–Crippen MR) is 79.1 cm³/mol. The first-order valence-corrected chi connectivity index (χ1v) is 6.59. The van der Waals surface area contributed by atoms with Gasteiger partial charge in [-0.2, -0.15) is 0 Å². The second-order valence-corrected chi connectivity index (χ2v) is 4.95. The van der Waals surface area contributed by atoms with Crippen molar-refractivity contribution in [1.82, 2.24) is 4.98 Å². The Morgan fingerprint density at radius 1 is 1.25 bits per heavy atom. The fourth-order valence-corrected chi connectivity index (χ4v) is 1.90. The van der Waals surface area contributed by atoms with Crippen molar-refractivity contribution in [3.63, 3.8) is 0 Å². The van der Waals surface area contributed by atoms with Crippen LogP contribution in [0.4, 0.5) is 5.69 Å². The van der Waals surface area contributed by atoms with E-state index in [0.717, 1.165) is 5.69 Å². The molecule has 0 amide bonds. The largest absolute Gasteiger partial charge is 0.477 e. The summed E-state index contributed by atoms with van der Waals surface area (Å²) in [5, 5.41) is 12.2. The lowest BCUT2D eigenvalue weighted by atomic mass is 10.0. The number of hydrogen-bond donors (Lipinski definition) is 2. The third kappa shape index (κ3) is 3.57. The van der Waals surface area contributed by atoms with Crippen molar-refractivity contribution < 1.29 is 9.90 Å². The van der Waals surface area contributed by atoms with E-state index in [1.54, 1.807) is 6.07 Å². The number of carboxylic acids is 1. The molecule has 0 radical (unpaired) electrons. The Bertz CT molecular complexity index is 609. The van der Waals surface area contributed by atoms with E-state index < -0.39 is 5.97 Å². The summed E-state index contributed by atoms with van der Waals surface area (Å²) < 4.78 is 0. The van der Waals surface area contributed by atoms with Gasteiger partial charge in [-0.15, -0.1) is 0 Å². The molecule has 4 heteroatoms. The van der Waals surface area contributed by atoms with Gasteiger partial charge >= 0.3 is 5.97 Å². The summed E-state index contributed by atoms with van der Waals surface area (Å²) in [5.41, 5.74) is 3.06. The van der Waals surface area contributed by atoms with Crippen LogP contribution >= 0.6 is 0 Å². The average molecular weight is 270 g/mol. The molecule has 4 nitrogen and oxygen atoms in total. The van der Waals surface area contributed by atoms with Crippen molar-refractivity contribution in [1.29, 1.82) is 0 Å². The summed E-state index contributed by atoms with van der Waals surface area (Å²) in [6.07, 6.45) is 0. The van der Waals surface area contributed by atoms with Crippen molar-refractivity contribution in [3.05, 3.63) is 59.4 Å². The zero-order valence-corrected chi connectivity index (χ0v) is 11.6. The number of hydrogen-bond acceptors (Lipinski definition) is 3. The van der Waals surface area contributed by atoms with Crippen molar-refractivity contribution in [2.24, 2.45) is 0 Å². The molecule has 0 atom stereocenters. The van der Waals surface area contributed by atoms with Gasteiger partial charge in [0.2, 0.25) is 0 Å². The van der Waals surface area contributed by atoms with E-state index >= 15 is 0 Å². The lowest BCUT2D eigenvalue weighted by molar-refractivity contribution is 0.0690. The third-order valence-corrected chi connectivity index (χ3v) is 3.05. The quantitative estimate of drug-likeness (QED) is 0.872. The number of nitrogens with one attached hydrogen (secondary N) is 1. The van der Waals surface area contributed by atoms with E-state index in [2.05, 4.69) is 36.3 Å². The van der Waals surface area contributed by atoms with E-state index in [1.807, 2.05) is 18.2 Å². The number of carbonyl (C=O) groups is 1. The second kappa shape index (κ2) is 6.19. The number of carboxylic acid groups (broad SMARTS) is 1. The normalized spacial score (nSPS) is 10.6. The lowest BCUT2D eigenvalue weighted by Crippen LogP contribution is -2.06. The van der Waals surface area contributed by atoms with Crippen LogP contribution < -0.4 is 5.32 Å². The van der Waals surface area contributed by atoms with Gasteiger partial charge in [-0.05, 0) is 35.7 Å². The molecule has 0 aliphatic heterocycles. The van der Waals surface area contributed by atoms with Crippen molar-refractivity contribution >= 4 is 11.7 Å². The molecule has 0 saturated carbocycles. The zero-order chi connectivity index (χ0) is 14.5. The van der Waals surface area contributed by atoms with Crippen LogP contribution in [0.25, 0.3) is 0 Å². The highest BCUT2D eigenvalue weighted by molar-refractivity contribution is 5.85. The van der Waals surface area contributed by atoms with Gasteiger partial charge in [0.25, 0.3) is 0 Å². The van der Waals surface area contributed by atoms with Gasteiger partial charge in [0.1, 0.15) is 5.69 Å². The minimum absolute atomic E-state index is 0.0697. The van der Waals surface area contributed by atoms with E-state index in [1.165, 1.54) is 11.6 Å². The fraction of sp³-hybridized carbons (Fsp3) is 0.250. The van der Waals surface area contributed by atoms with E-state index in [0.29, 0.717) is 18.2 Å².